The number of phenolic OH excluding ortho intramolecular Hbond substituents is 2. The van der Waals surface area contributed by atoms with Crippen molar-refractivity contribution in [1.29, 1.82) is 0 Å². The maximum absolute atomic E-state index is 13.4. The van der Waals surface area contributed by atoms with Crippen molar-refractivity contribution in [2.75, 3.05) is 0 Å². The Hall–Kier alpha value is -3.41. The highest BCUT2D eigenvalue weighted by atomic mass is 16.5. The van der Waals surface area contributed by atoms with Crippen LogP contribution in [-0.2, 0) is 11.2 Å². The number of esters is 1. The highest BCUT2D eigenvalue weighted by Crippen LogP contribution is 2.37. The maximum Gasteiger partial charge on any atom is 0.334 e. The highest BCUT2D eigenvalue weighted by molar-refractivity contribution is 5.78. The second kappa shape index (κ2) is 12.9. The predicted molar refractivity (Wildman–Crippen MR) is 138 cm³/mol. The molecule has 11 heteroatoms. The van der Waals surface area contributed by atoms with Gasteiger partial charge in [-0.3, -0.25) is 14.3 Å². The molecule has 208 valence electrons. The first-order chi connectivity index (χ1) is 18.0. The molecule has 1 aliphatic heterocycles. The topological polar surface area (TPSA) is 182 Å². The monoisotopic (exact) mass is 532 g/mol. The minimum absolute atomic E-state index is 0.0613. The van der Waals surface area contributed by atoms with Crippen LogP contribution in [0.4, 0.5) is 0 Å². The maximum atomic E-state index is 13.4. The summed E-state index contributed by atoms with van der Waals surface area (Å²) in [5.41, 5.74) is -1.01. The van der Waals surface area contributed by atoms with Crippen LogP contribution in [0.1, 0.15) is 62.6 Å². The third-order valence-electron chi connectivity index (χ3n) is 6.87. The molecule has 5 atom stereocenters. The molecule has 1 aromatic heterocycles. The van der Waals surface area contributed by atoms with Crippen LogP contribution in [0.5, 0.6) is 17.2 Å². The van der Waals surface area contributed by atoms with Crippen LogP contribution >= 0.6 is 0 Å². The number of benzene rings is 1. The first-order valence-electron chi connectivity index (χ1n) is 12.8. The van der Waals surface area contributed by atoms with Gasteiger partial charge in [0.15, 0.2) is 11.5 Å². The number of phenols is 2. The van der Waals surface area contributed by atoms with Crippen LogP contribution < -0.4 is 16.0 Å². The third-order valence-corrected chi connectivity index (χ3v) is 6.87. The Morgan fingerprint density at radius 3 is 2.53 bits per heavy atom. The number of H-pyrrole nitrogens is 1. The number of aliphatic hydroxyl groups is 3. The van der Waals surface area contributed by atoms with Gasteiger partial charge in [-0.1, -0.05) is 19.1 Å². The smallest absolute Gasteiger partial charge is 0.334 e. The second-order valence-electron chi connectivity index (χ2n) is 10.0. The van der Waals surface area contributed by atoms with Crippen LogP contribution in [0.25, 0.3) is 0 Å². The van der Waals surface area contributed by atoms with Gasteiger partial charge in [-0.2, -0.15) is 0 Å². The molecule has 0 fully saturated rings. The molecular weight excluding hydrogens is 496 g/mol. The molecule has 2 heterocycles. The number of nitrogens with one attached hydrogen (secondary N) is 1. The third kappa shape index (κ3) is 7.56. The van der Waals surface area contributed by atoms with E-state index >= 15 is 0 Å². The molecule has 0 saturated carbocycles. The molecule has 0 saturated heterocycles. The number of aliphatic hydroxyl groups excluding tert-OH is 3. The predicted octanol–water partition coefficient (Wildman–Crippen LogP) is 1.57. The molecule has 6 N–H and O–H groups in total. The Balaban J connectivity index is 2.02. The summed E-state index contributed by atoms with van der Waals surface area (Å²) in [6, 6.07) is 0.998. The summed E-state index contributed by atoms with van der Waals surface area (Å²) >= 11 is 0. The van der Waals surface area contributed by atoms with Crippen molar-refractivity contribution in [1.82, 2.24) is 9.55 Å². The molecule has 1 aromatic carbocycles. The molecule has 0 radical (unpaired) electrons. The van der Waals surface area contributed by atoms with Gasteiger partial charge in [0.25, 0.3) is 5.56 Å². The molecule has 5 unspecified atom stereocenters. The lowest BCUT2D eigenvalue weighted by Crippen LogP contribution is -2.39. The standard InChI is InChI=1S/C27H36N2O9/c1-15-9-10-18(30)6-4-7-19(31)12-21(29-14-16(2)25(35)28-27(29)37)26(36)38-24-17(5-3-8-22(15)33)11-20(32)13-23(24)34/h4,6,11,13-15,18-19,21-22,30-34H,3,5,7-10,12H2,1-2H3,(H,28,35,37). The average Bonchev–Trinajstić information content (AvgIpc) is 2.84. The number of rotatable bonds is 1. The quantitative estimate of drug-likeness (QED) is 0.180. The van der Waals surface area contributed by atoms with Gasteiger partial charge in [0.2, 0.25) is 0 Å². The first kappa shape index (κ1) is 29.2. The number of fused-ring (bicyclic) bond motifs is 1. The Morgan fingerprint density at radius 1 is 1.05 bits per heavy atom. The van der Waals surface area contributed by atoms with Gasteiger partial charge in [0.1, 0.15) is 11.8 Å². The zero-order chi connectivity index (χ0) is 28.0. The summed E-state index contributed by atoms with van der Waals surface area (Å²) in [5.74, 6) is -1.99. The summed E-state index contributed by atoms with van der Waals surface area (Å²) in [5, 5.41) is 52.0. The molecule has 11 nitrogen and oxygen atoms in total. The van der Waals surface area contributed by atoms with Crippen molar-refractivity contribution in [2.24, 2.45) is 5.92 Å². The highest BCUT2D eigenvalue weighted by Gasteiger charge is 2.29. The van der Waals surface area contributed by atoms with Gasteiger partial charge >= 0.3 is 11.7 Å². The number of carbonyl (C=O) groups excluding carboxylic acids is 1. The molecule has 38 heavy (non-hydrogen) atoms. The van der Waals surface area contributed by atoms with Crippen molar-refractivity contribution in [3.05, 3.63) is 62.4 Å². The summed E-state index contributed by atoms with van der Waals surface area (Å²) in [4.78, 5) is 40.0. The summed E-state index contributed by atoms with van der Waals surface area (Å²) in [6.45, 7) is 3.35. The fraction of sp³-hybridized carbons (Fsp3) is 0.519. The summed E-state index contributed by atoms with van der Waals surface area (Å²) in [6.07, 6.45) is 3.65. The summed E-state index contributed by atoms with van der Waals surface area (Å²) < 4.78 is 6.52. The molecule has 0 aliphatic carbocycles. The van der Waals surface area contributed by atoms with E-state index in [1.807, 2.05) is 6.92 Å². The van der Waals surface area contributed by atoms with E-state index in [2.05, 4.69) is 4.98 Å². The zero-order valence-electron chi connectivity index (χ0n) is 21.5. The van der Waals surface area contributed by atoms with Crippen molar-refractivity contribution >= 4 is 5.97 Å². The fourth-order valence-corrected chi connectivity index (χ4v) is 4.52. The Bertz CT molecular complexity index is 1270. The number of hydrogen-bond acceptors (Lipinski definition) is 9. The number of aromatic nitrogens is 2. The number of hydrogen-bond donors (Lipinski definition) is 6. The van der Waals surface area contributed by atoms with Crippen LogP contribution in [0.15, 0.2) is 40.1 Å². The number of aromatic amines is 1. The zero-order valence-corrected chi connectivity index (χ0v) is 21.5. The molecule has 0 bridgehead atoms. The van der Waals surface area contributed by atoms with Crippen molar-refractivity contribution in [3.8, 4) is 17.2 Å². The van der Waals surface area contributed by atoms with Crippen LogP contribution in [0, 0.1) is 12.8 Å². The number of ether oxygens (including phenoxy) is 1. The number of carbonyl (C=O) groups is 1. The Kier molecular flexibility index (Phi) is 9.90. The van der Waals surface area contributed by atoms with Gasteiger partial charge in [0, 0.05) is 29.8 Å². The van der Waals surface area contributed by atoms with E-state index in [0.29, 0.717) is 31.2 Å². The van der Waals surface area contributed by atoms with Crippen molar-refractivity contribution < 1.29 is 35.1 Å². The van der Waals surface area contributed by atoms with E-state index in [1.165, 1.54) is 25.3 Å². The number of aromatic hydroxyl groups is 2. The van der Waals surface area contributed by atoms with E-state index < -0.39 is 47.3 Å². The lowest BCUT2D eigenvalue weighted by atomic mass is 9.92. The molecule has 2 aromatic rings. The minimum atomic E-state index is -1.37. The molecule has 1 aliphatic rings. The van der Waals surface area contributed by atoms with Crippen molar-refractivity contribution in [3.63, 3.8) is 0 Å². The minimum Gasteiger partial charge on any atom is -0.508 e. The van der Waals surface area contributed by atoms with E-state index in [-0.39, 0.29) is 42.2 Å². The fourth-order valence-electron chi connectivity index (χ4n) is 4.52. The van der Waals surface area contributed by atoms with Gasteiger partial charge in [0.05, 0.1) is 18.3 Å². The lowest BCUT2D eigenvalue weighted by molar-refractivity contribution is -0.139. The van der Waals surface area contributed by atoms with Crippen LogP contribution in [0.3, 0.4) is 0 Å². The molecule has 0 amide bonds. The van der Waals surface area contributed by atoms with Gasteiger partial charge in [-0.05, 0) is 57.4 Å². The number of aryl methyl sites for hydroxylation is 2. The van der Waals surface area contributed by atoms with Crippen LogP contribution in [-0.4, -0.2) is 59.4 Å². The molecular formula is C27H36N2O9. The normalized spacial score (nSPS) is 26.1. The Labute approximate surface area is 219 Å². The van der Waals surface area contributed by atoms with Crippen molar-refractivity contribution in [2.45, 2.75) is 83.1 Å². The van der Waals surface area contributed by atoms with E-state index in [0.717, 1.165) is 10.6 Å². The van der Waals surface area contributed by atoms with Gasteiger partial charge < -0.3 is 30.3 Å². The van der Waals surface area contributed by atoms with E-state index in [4.69, 9.17) is 4.74 Å². The number of nitrogens with zero attached hydrogens (tertiary/aromatic N) is 1. The Morgan fingerprint density at radius 2 is 1.79 bits per heavy atom. The molecule has 0 spiro atoms. The van der Waals surface area contributed by atoms with Gasteiger partial charge in [-0.25, -0.2) is 9.59 Å². The SMILES string of the molecule is Cc1cn(C2CC(O)CC=CC(O)CCC(C)C(O)CCCc3cc(O)cc(O)c3OC2=O)c(=O)[nH]c1=O. The van der Waals surface area contributed by atoms with Crippen LogP contribution in [0.2, 0.25) is 0 Å². The lowest BCUT2D eigenvalue weighted by Gasteiger charge is -2.23. The first-order valence-corrected chi connectivity index (χ1v) is 12.8. The summed E-state index contributed by atoms with van der Waals surface area (Å²) in [7, 11) is 0. The molecule has 3 rings (SSSR count). The van der Waals surface area contributed by atoms with E-state index in [9.17, 15) is 39.9 Å². The van der Waals surface area contributed by atoms with E-state index in [1.54, 1.807) is 6.08 Å². The van der Waals surface area contributed by atoms with Gasteiger partial charge in [-0.15, -0.1) is 0 Å². The second-order valence-corrected chi connectivity index (χ2v) is 10.0. The largest absolute Gasteiger partial charge is 0.508 e. The average molecular weight is 533 g/mol.